The third-order valence-corrected chi connectivity index (χ3v) is 5.47. The molecule has 4 rings (SSSR count). The summed E-state index contributed by atoms with van der Waals surface area (Å²) in [5.41, 5.74) is 1.65. The Morgan fingerprint density at radius 2 is 1.96 bits per heavy atom. The van der Waals surface area contributed by atoms with Crippen LogP contribution < -0.4 is 9.64 Å². The molecule has 28 heavy (non-hydrogen) atoms. The number of nitrogens with zero attached hydrogens (tertiary/aromatic N) is 5. The van der Waals surface area contributed by atoms with E-state index < -0.39 is 0 Å². The SMILES string of the molecule is COc1cc(N2CCN(C(=O)Cn3nc(Cl)c4cccnc43)CC2)ccc1Cl. The Balaban J connectivity index is 1.41. The smallest absolute Gasteiger partial charge is 0.244 e. The van der Waals surface area contributed by atoms with Crippen LogP contribution in [0.3, 0.4) is 0 Å². The standard InChI is InChI=1S/C19H19Cl2N5O2/c1-28-16-11-13(4-5-15(16)20)24-7-9-25(10-8-24)17(27)12-26-19-14(18(21)23-26)3-2-6-22-19/h2-6,11H,7-10,12H2,1H3. The van der Waals surface area contributed by atoms with E-state index in [9.17, 15) is 4.79 Å². The fraction of sp³-hybridized carbons (Fsp3) is 0.316. The quantitative estimate of drug-likeness (QED) is 0.649. The highest BCUT2D eigenvalue weighted by Crippen LogP contribution is 2.30. The predicted molar refractivity (Wildman–Crippen MR) is 109 cm³/mol. The number of aromatic nitrogens is 3. The lowest BCUT2D eigenvalue weighted by atomic mass is 10.2. The molecule has 9 heteroatoms. The Kier molecular flexibility index (Phi) is 5.28. The van der Waals surface area contributed by atoms with Crippen molar-refractivity contribution in [3.63, 3.8) is 0 Å². The van der Waals surface area contributed by atoms with Crippen LogP contribution >= 0.6 is 23.2 Å². The largest absolute Gasteiger partial charge is 0.495 e. The second-order valence-corrected chi connectivity index (χ2v) is 7.27. The summed E-state index contributed by atoms with van der Waals surface area (Å²) < 4.78 is 6.86. The van der Waals surface area contributed by atoms with Gasteiger partial charge in [-0.15, -0.1) is 0 Å². The molecule has 3 aromatic rings. The number of amides is 1. The van der Waals surface area contributed by atoms with Crippen molar-refractivity contribution in [2.75, 3.05) is 38.2 Å². The van der Waals surface area contributed by atoms with Crippen molar-refractivity contribution in [2.45, 2.75) is 6.54 Å². The van der Waals surface area contributed by atoms with Gasteiger partial charge in [0.2, 0.25) is 5.91 Å². The molecule has 1 aromatic carbocycles. The van der Waals surface area contributed by atoms with Crippen LogP contribution in [0.15, 0.2) is 36.5 Å². The zero-order valence-corrected chi connectivity index (χ0v) is 16.8. The van der Waals surface area contributed by atoms with E-state index in [0.29, 0.717) is 34.7 Å². The molecular weight excluding hydrogens is 401 g/mol. The van der Waals surface area contributed by atoms with E-state index in [1.54, 1.807) is 24.1 Å². The lowest BCUT2D eigenvalue weighted by Crippen LogP contribution is -2.49. The van der Waals surface area contributed by atoms with E-state index in [0.717, 1.165) is 24.2 Å². The third kappa shape index (κ3) is 3.59. The Hall–Kier alpha value is -2.51. The highest BCUT2D eigenvalue weighted by Gasteiger charge is 2.23. The van der Waals surface area contributed by atoms with Crippen molar-refractivity contribution in [3.05, 3.63) is 46.7 Å². The van der Waals surface area contributed by atoms with Gasteiger partial charge in [0.25, 0.3) is 0 Å². The number of benzene rings is 1. The fourth-order valence-electron chi connectivity index (χ4n) is 3.37. The molecule has 7 nitrogen and oxygen atoms in total. The summed E-state index contributed by atoms with van der Waals surface area (Å²) in [7, 11) is 1.60. The molecule has 1 amide bonds. The first kappa shape index (κ1) is 18.8. The van der Waals surface area contributed by atoms with Gasteiger partial charge in [0.1, 0.15) is 12.3 Å². The third-order valence-electron chi connectivity index (χ3n) is 4.88. The minimum absolute atomic E-state index is 0.0000522. The van der Waals surface area contributed by atoms with E-state index in [-0.39, 0.29) is 12.5 Å². The second kappa shape index (κ2) is 7.85. The van der Waals surface area contributed by atoms with Crippen LogP contribution in [0, 0.1) is 0 Å². The number of carbonyl (C=O) groups is 1. The van der Waals surface area contributed by atoms with Crippen LogP contribution in [0.5, 0.6) is 5.75 Å². The Labute approximate surface area is 172 Å². The van der Waals surface area contributed by atoms with Gasteiger partial charge in [-0.1, -0.05) is 23.2 Å². The summed E-state index contributed by atoms with van der Waals surface area (Å²) in [5, 5.41) is 5.94. The second-order valence-electron chi connectivity index (χ2n) is 6.51. The van der Waals surface area contributed by atoms with Gasteiger partial charge in [-0.3, -0.25) is 4.79 Å². The van der Waals surface area contributed by atoms with Crippen molar-refractivity contribution < 1.29 is 9.53 Å². The number of methoxy groups -OCH3 is 1. The molecular formula is C19H19Cl2N5O2. The average Bonchev–Trinajstić information content (AvgIpc) is 3.04. The summed E-state index contributed by atoms with van der Waals surface area (Å²) in [6, 6.07) is 9.35. The molecule has 1 fully saturated rings. The maximum absolute atomic E-state index is 12.7. The normalized spacial score (nSPS) is 14.5. The Bertz CT molecular complexity index is 1010. The highest BCUT2D eigenvalue weighted by atomic mass is 35.5. The number of hydrogen-bond acceptors (Lipinski definition) is 5. The van der Waals surface area contributed by atoms with Gasteiger partial charge >= 0.3 is 0 Å². The summed E-state index contributed by atoms with van der Waals surface area (Å²) in [6.07, 6.45) is 1.67. The zero-order chi connectivity index (χ0) is 19.7. The van der Waals surface area contributed by atoms with Gasteiger partial charge in [0, 0.05) is 44.1 Å². The molecule has 3 heterocycles. The maximum atomic E-state index is 12.7. The van der Waals surface area contributed by atoms with Gasteiger partial charge in [-0.05, 0) is 24.3 Å². The van der Waals surface area contributed by atoms with Crippen LogP contribution in [0.4, 0.5) is 5.69 Å². The maximum Gasteiger partial charge on any atom is 0.244 e. The number of halogens is 2. The Morgan fingerprint density at radius 3 is 2.71 bits per heavy atom. The van der Waals surface area contributed by atoms with Crippen molar-refractivity contribution in [1.29, 1.82) is 0 Å². The average molecular weight is 420 g/mol. The number of fused-ring (bicyclic) bond motifs is 1. The monoisotopic (exact) mass is 419 g/mol. The van der Waals surface area contributed by atoms with Crippen molar-refractivity contribution >= 4 is 45.8 Å². The number of anilines is 1. The topological polar surface area (TPSA) is 63.5 Å². The molecule has 0 spiro atoms. The van der Waals surface area contributed by atoms with E-state index in [1.165, 1.54) is 0 Å². The lowest BCUT2D eigenvalue weighted by Gasteiger charge is -2.36. The molecule has 0 saturated carbocycles. The van der Waals surface area contributed by atoms with Crippen molar-refractivity contribution in [1.82, 2.24) is 19.7 Å². The molecule has 0 radical (unpaired) electrons. The molecule has 0 bridgehead atoms. The minimum Gasteiger partial charge on any atom is -0.495 e. The minimum atomic E-state index is 0.0000522. The summed E-state index contributed by atoms with van der Waals surface area (Å²) >= 11 is 12.2. The van der Waals surface area contributed by atoms with Gasteiger partial charge < -0.3 is 14.5 Å². The molecule has 1 aliphatic rings. The van der Waals surface area contributed by atoms with E-state index in [1.807, 2.05) is 29.2 Å². The van der Waals surface area contributed by atoms with Gasteiger partial charge in [-0.2, -0.15) is 5.10 Å². The summed E-state index contributed by atoms with van der Waals surface area (Å²) in [6.45, 7) is 2.84. The van der Waals surface area contributed by atoms with Crippen molar-refractivity contribution in [3.8, 4) is 5.75 Å². The first-order valence-electron chi connectivity index (χ1n) is 8.90. The summed E-state index contributed by atoms with van der Waals surface area (Å²) in [4.78, 5) is 21.1. The molecule has 0 atom stereocenters. The van der Waals surface area contributed by atoms with Gasteiger partial charge in [0.05, 0.1) is 17.5 Å². The molecule has 1 saturated heterocycles. The van der Waals surface area contributed by atoms with E-state index >= 15 is 0 Å². The fourth-order valence-corrected chi connectivity index (χ4v) is 3.80. The van der Waals surface area contributed by atoms with Crippen LogP contribution in [0.1, 0.15) is 0 Å². The molecule has 0 N–H and O–H groups in total. The van der Waals surface area contributed by atoms with E-state index in [4.69, 9.17) is 27.9 Å². The number of rotatable bonds is 4. The Morgan fingerprint density at radius 1 is 1.18 bits per heavy atom. The first-order valence-corrected chi connectivity index (χ1v) is 9.65. The molecule has 2 aromatic heterocycles. The number of piperazine rings is 1. The van der Waals surface area contributed by atoms with Crippen molar-refractivity contribution in [2.24, 2.45) is 0 Å². The van der Waals surface area contributed by atoms with Gasteiger partial charge in [0.15, 0.2) is 10.8 Å². The van der Waals surface area contributed by atoms with Gasteiger partial charge in [-0.25, -0.2) is 9.67 Å². The van der Waals surface area contributed by atoms with E-state index in [2.05, 4.69) is 15.0 Å². The molecule has 146 valence electrons. The number of carbonyl (C=O) groups excluding carboxylic acids is 1. The number of pyridine rings is 1. The molecule has 1 aliphatic heterocycles. The molecule has 0 aliphatic carbocycles. The molecule has 0 unspecified atom stereocenters. The van der Waals surface area contributed by atoms with Crippen LogP contribution in [0.25, 0.3) is 11.0 Å². The van der Waals surface area contributed by atoms with Crippen LogP contribution in [0.2, 0.25) is 10.2 Å². The number of hydrogen-bond donors (Lipinski definition) is 0. The predicted octanol–water partition coefficient (Wildman–Crippen LogP) is 3.10. The first-order chi connectivity index (χ1) is 13.6. The number of ether oxygens (including phenoxy) is 1. The zero-order valence-electron chi connectivity index (χ0n) is 15.3. The van der Waals surface area contributed by atoms with Crippen LogP contribution in [-0.2, 0) is 11.3 Å². The van der Waals surface area contributed by atoms with Crippen LogP contribution in [-0.4, -0.2) is 58.9 Å². The lowest BCUT2D eigenvalue weighted by molar-refractivity contribution is -0.132. The highest BCUT2D eigenvalue weighted by molar-refractivity contribution is 6.34. The summed E-state index contributed by atoms with van der Waals surface area (Å²) in [5.74, 6) is 0.646.